The van der Waals surface area contributed by atoms with Gasteiger partial charge in [-0.2, -0.15) is 0 Å². The molecule has 1 aromatic carbocycles. The number of methoxy groups -OCH3 is 2. The quantitative estimate of drug-likeness (QED) is 0.677. The molecule has 0 radical (unpaired) electrons. The number of hydrogen-bond acceptors (Lipinski definition) is 6. The van der Waals surface area contributed by atoms with Crippen LogP contribution in [0.15, 0.2) is 18.2 Å². The van der Waals surface area contributed by atoms with Crippen LogP contribution in [0.3, 0.4) is 0 Å². The summed E-state index contributed by atoms with van der Waals surface area (Å²) in [6.45, 7) is 7.54. The molecular formula is C21H31N3O5. The Morgan fingerprint density at radius 1 is 1.17 bits per heavy atom. The highest BCUT2D eigenvalue weighted by atomic mass is 16.5. The van der Waals surface area contributed by atoms with Gasteiger partial charge in [-0.05, 0) is 18.6 Å². The molecule has 3 rings (SSSR count). The predicted octanol–water partition coefficient (Wildman–Crippen LogP) is 1.10. The lowest BCUT2D eigenvalue weighted by Gasteiger charge is -2.32. The number of para-hydroxylation sites is 1. The van der Waals surface area contributed by atoms with Crippen molar-refractivity contribution in [3.63, 3.8) is 0 Å². The molecule has 2 aliphatic rings. The monoisotopic (exact) mass is 405 g/mol. The summed E-state index contributed by atoms with van der Waals surface area (Å²) in [4.78, 5) is 31.4. The maximum absolute atomic E-state index is 13.1. The van der Waals surface area contributed by atoms with Gasteiger partial charge in [0.2, 0.25) is 5.91 Å². The van der Waals surface area contributed by atoms with E-state index in [0.717, 1.165) is 39.3 Å². The lowest BCUT2D eigenvalue weighted by atomic mass is 10.1. The van der Waals surface area contributed by atoms with Gasteiger partial charge in [-0.25, -0.2) is 0 Å². The predicted molar refractivity (Wildman–Crippen MR) is 109 cm³/mol. The Kier molecular flexibility index (Phi) is 7.33. The number of benzene rings is 1. The minimum Gasteiger partial charge on any atom is -0.493 e. The molecule has 0 aromatic heterocycles. The van der Waals surface area contributed by atoms with E-state index in [-0.39, 0.29) is 17.9 Å². The summed E-state index contributed by atoms with van der Waals surface area (Å²) in [6.07, 6.45) is 0.778. The SMILES string of the molecule is COc1cccc(C(=O)N2CCC(N(CCN3CCOCC3)C(C)=O)C2)c1OC. The fourth-order valence-corrected chi connectivity index (χ4v) is 4.08. The van der Waals surface area contributed by atoms with Gasteiger partial charge < -0.3 is 24.0 Å². The molecule has 0 N–H and O–H groups in total. The Labute approximate surface area is 172 Å². The number of ether oxygens (including phenoxy) is 3. The van der Waals surface area contributed by atoms with E-state index in [2.05, 4.69) is 4.90 Å². The number of morpholine rings is 1. The first-order valence-corrected chi connectivity index (χ1v) is 10.1. The van der Waals surface area contributed by atoms with Crippen molar-refractivity contribution in [2.75, 3.05) is 66.7 Å². The number of likely N-dealkylation sites (tertiary alicyclic amines) is 1. The van der Waals surface area contributed by atoms with Crippen LogP contribution in [-0.2, 0) is 9.53 Å². The standard InChI is InChI=1S/C21H31N3O5/c1-16(25)24(10-9-22-11-13-29-14-12-22)17-7-8-23(15-17)21(26)18-5-4-6-19(27-2)20(18)28-3/h4-6,17H,7-15H2,1-3H3. The molecule has 8 heteroatoms. The number of nitrogens with zero attached hydrogens (tertiary/aromatic N) is 3. The maximum atomic E-state index is 13.1. The molecule has 0 aliphatic carbocycles. The molecular weight excluding hydrogens is 374 g/mol. The second-order valence-corrected chi connectivity index (χ2v) is 7.40. The third-order valence-corrected chi connectivity index (χ3v) is 5.69. The summed E-state index contributed by atoms with van der Waals surface area (Å²) in [5.74, 6) is 0.931. The lowest BCUT2D eigenvalue weighted by Crippen LogP contribution is -2.47. The molecule has 2 heterocycles. The van der Waals surface area contributed by atoms with Crippen LogP contribution in [0, 0.1) is 0 Å². The van der Waals surface area contributed by atoms with Crippen LogP contribution >= 0.6 is 0 Å². The highest BCUT2D eigenvalue weighted by Gasteiger charge is 2.33. The first-order chi connectivity index (χ1) is 14.0. The molecule has 1 unspecified atom stereocenters. The van der Waals surface area contributed by atoms with Crippen LogP contribution in [0.25, 0.3) is 0 Å². The Morgan fingerprint density at radius 2 is 1.93 bits per heavy atom. The van der Waals surface area contributed by atoms with E-state index in [1.54, 1.807) is 37.1 Å². The summed E-state index contributed by atoms with van der Waals surface area (Å²) in [5, 5.41) is 0. The van der Waals surface area contributed by atoms with Crippen molar-refractivity contribution in [1.29, 1.82) is 0 Å². The third kappa shape index (κ3) is 5.00. The summed E-state index contributed by atoms with van der Waals surface area (Å²) < 4.78 is 16.1. The first-order valence-electron chi connectivity index (χ1n) is 10.1. The van der Waals surface area contributed by atoms with Crippen LogP contribution in [0.1, 0.15) is 23.7 Å². The van der Waals surface area contributed by atoms with Crippen molar-refractivity contribution in [1.82, 2.24) is 14.7 Å². The number of amides is 2. The third-order valence-electron chi connectivity index (χ3n) is 5.69. The zero-order chi connectivity index (χ0) is 20.8. The number of rotatable bonds is 7. The molecule has 0 saturated carbocycles. The highest BCUT2D eigenvalue weighted by Crippen LogP contribution is 2.32. The van der Waals surface area contributed by atoms with E-state index in [0.29, 0.717) is 36.7 Å². The molecule has 0 spiro atoms. The molecule has 1 atom stereocenters. The van der Waals surface area contributed by atoms with E-state index in [1.807, 2.05) is 4.90 Å². The van der Waals surface area contributed by atoms with E-state index in [4.69, 9.17) is 14.2 Å². The van der Waals surface area contributed by atoms with Gasteiger partial charge in [-0.15, -0.1) is 0 Å². The molecule has 2 fully saturated rings. The molecule has 2 amide bonds. The van der Waals surface area contributed by atoms with Crippen LogP contribution < -0.4 is 9.47 Å². The average molecular weight is 405 g/mol. The molecule has 1 aromatic rings. The zero-order valence-corrected chi connectivity index (χ0v) is 17.6. The van der Waals surface area contributed by atoms with Crippen LogP contribution in [0.2, 0.25) is 0 Å². The van der Waals surface area contributed by atoms with Gasteiger partial charge in [0.25, 0.3) is 5.91 Å². The normalized spacial score (nSPS) is 19.8. The number of carbonyl (C=O) groups is 2. The minimum atomic E-state index is -0.0973. The van der Waals surface area contributed by atoms with Crippen LogP contribution in [0.5, 0.6) is 11.5 Å². The van der Waals surface area contributed by atoms with Gasteiger partial charge in [0.15, 0.2) is 11.5 Å². The van der Waals surface area contributed by atoms with Crippen molar-refractivity contribution in [2.45, 2.75) is 19.4 Å². The summed E-state index contributed by atoms with van der Waals surface area (Å²) >= 11 is 0. The van der Waals surface area contributed by atoms with Gasteiger partial charge in [-0.1, -0.05) is 6.07 Å². The van der Waals surface area contributed by atoms with Gasteiger partial charge in [0.1, 0.15) is 0 Å². The van der Waals surface area contributed by atoms with Crippen molar-refractivity contribution in [3.05, 3.63) is 23.8 Å². The Morgan fingerprint density at radius 3 is 2.59 bits per heavy atom. The second kappa shape index (κ2) is 9.93. The maximum Gasteiger partial charge on any atom is 0.257 e. The fraction of sp³-hybridized carbons (Fsp3) is 0.619. The largest absolute Gasteiger partial charge is 0.493 e. The van der Waals surface area contributed by atoms with Crippen molar-refractivity contribution >= 4 is 11.8 Å². The average Bonchev–Trinajstić information content (AvgIpc) is 3.23. The van der Waals surface area contributed by atoms with Crippen molar-refractivity contribution in [3.8, 4) is 11.5 Å². The molecule has 0 bridgehead atoms. The van der Waals surface area contributed by atoms with Crippen LogP contribution in [0.4, 0.5) is 0 Å². The zero-order valence-electron chi connectivity index (χ0n) is 17.6. The Bertz CT molecular complexity index is 720. The smallest absolute Gasteiger partial charge is 0.257 e. The topological polar surface area (TPSA) is 71.5 Å². The van der Waals surface area contributed by atoms with Gasteiger partial charge in [0, 0.05) is 46.2 Å². The van der Waals surface area contributed by atoms with Gasteiger partial charge in [-0.3, -0.25) is 14.5 Å². The van der Waals surface area contributed by atoms with E-state index >= 15 is 0 Å². The fourth-order valence-electron chi connectivity index (χ4n) is 4.08. The van der Waals surface area contributed by atoms with Crippen molar-refractivity contribution < 1.29 is 23.8 Å². The lowest BCUT2D eigenvalue weighted by molar-refractivity contribution is -0.131. The van der Waals surface area contributed by atoms with Crippen LogP contribution in [-0.4, -0.2) is 99.3 Å². The first kappa shape index (κ1) is 21.4. The number of carbonyl (C=O) groups excluding carboxylic acids is 2. The Balaban J connectivity index is 1.64. The number of hydrogen-bond donors (Lipinski definition) is 0. The molecule has 8 nitrogen and oxygen atoms in total. The minimum absolute atomic E-state index is 0.0362. The molecule has 2 aliphatic heterocycles. The van der Waals surface area contributed by atoms with E-state index < -0.39 is 0 Å². The molecule has 29 heavy (non-hydrogen) atoms. The summed E-state index contributed by atoms with van der Waals surface area (Å²) in [7, 11) is 3.09. The van der Waals surface area contributed by atoms with Gasteiger partial charge in [0.05, 0.1) is 39.0 Å². The summed E-state index contributed by atoms with van der Waals surface area (Å²) in [5.41, 5.74) is 0.482. The van der Waals surface area contributed by atoms with E-state index in [9.17, 15) is 9.59 Å². The van der Waals surface area contributed by atoms with E-state index in [1.165, 1.54) is 7.11 Å². The van der Waals surface area contributed by atoms with Gasteiger partial charge >= 0.3 is 0 Å². The second-order valence-electron chi connectivity index (χ2n) is 7.40. The highest BCUT2D eigenvalue weighted by molar-refractivity contribution is 5.98. The van der Waals surface area contributed by atoms with Crippen molar-refractivity contribution in [2.24, 2.45) is 0 Å². The summed E-state index contributed by atoms with van der Waals surface area (Å²) in [6, 6.07) is 5.34. The molecule has 160 valence electrons. The molecule has 2 saturated heterocycles. The Hall–Kier alpha value is -2.32.